The zero-order valence-corrected chi connectivity index (χ0v) is 18.7. The lowest BCUT2D eigenvalue weighted by molar-refractivity contribution is -0.123. The van der Waals surface area contributed by atoms with Crippen LogP contribution in [0.1, 0.15) is 11.1 Å². The van der Waals surface area contributed by atoms with E-state index in [1.165, 1.54) is 12.1 Å². The number of carbonyl (C=O) groups is 2. The summed E-state index contributed by atoms with van der Waals surface area (Å²) in [6, 6.07) is 18.7. The second-order valence-corrected chi connectivity index (χ2v) is 8.62. The lowest BCUT2D eigenvalue weighted by Crippen LogP contribution is -2.27. The van der Waals surface area contributed by atoms with Gasteiger partial charge in [0.2, 0.25) is 0 Å². The second kappa shape index (κ2) is 9.56. The first-order valence-corrected chi connectivity index (χ1v) is 11.0. The van der Waals surface area contributed by atoms with Crippen molar-refractivity contribution >= 4 is 63.6 Å². The number of carbonyl (C=O) groups excluding carboxylic acids is 2. The van der Waals surface area contributed by atoms with Gasteiger partial charge in [0.05, 0.1) is 22.8 Å². The molecule has 2 amide bonds. The maximum absolute atomic E-state index is 12.8. The van der Waals surface area contributed by atoms with Crippen molar-refractivity contribution in [1.29, 1.82) is 0 Å². The van der Waals surface area contributed by atoms with E-state index in [-0.39, 0.29) is 17.2 Å². The van der Waals surface area contributed by atoms with Crippen LogP contribution in [0.25, 0.3) is 6.08 Å². The molecule has 0 radical (unpaired) electrons. The van der Waals surface area contributed by atoms with Gasteiger partial charge in [-0.2, -0.15) is 10.2 Å². The van der Waals surface area contributed by atoms with Crippen molar-refractivity contribution in [2.75, 3.05) is 0 Å². The van der Waals surface area contributed by atoms with Gasteiger partial charge in [-0.3, -0.25) is 14.5 Å². The van der Waals surface area contributed by atoms with E-state index in [0.29, 0.717) is 32.5 Å². The second-order valence-electron chi connectivity index (χ2n) is 6.78. The van der Waals surface area contributed by atoms with Gasteiger partial charge in [-0.15, -0.1) is 0 Å². The standard InChI is InChI=1S/C23H15Cl2N3O3S/c24-16-7-6-14(19(25)12-16)13-28-22(30)21(32-23(28)31)11-15-10-18(8-9-20(15)29)27-26-17-4-2-1-3-5-17/h1-12,29H,13H2/b21-11-,27-26?. The number of aromatic hydroxyl groups is 1. The molecule has 0 spiro atoms. The molecule has 1 aliphatic heterocycles. The van der Waals surface area contributed by atoms with Crippen LogP contribution in [0.15, 0.2) is 81.9 Å². The molecule has 0 bridgehead atoms. The highest BCUT2D eigenvalue weighted by Crippen LogP contribution is 2.36. The van der Waals surface area contributed by atoms with Crippen molar-refractivity contribution < 1.29 is 14.7 Å². The quantitative estimate of drug-likeness (QED) is 0.303. The summed E-state index contributed by atoms with van der Waals surface area (Å²) in [5, 5.41) is 19.0. The summed E-state index contributed by atoms with van der Waals surface area (Å²) in [7, 11) is 0. The smallest absolute Gasteiger partial charge is 0.293 e. The number of amides is 2. The SMILES string of the molecule is O=C1S/C(=C\c2cc(N=Nc3ccccc3)ccc2O)C(=O)N1Cc1ccc(Cl)cc1Cl. The molecule has 1 heterocycles. The molecule has 32 heavy (non-hydrogen) atoms. The number of thioether (sulfide) groups is 1. The van der Waals surface area contributed by atoms with Gasteiger partial charge in [0, 0.05) is 15.6 Å². The first-order chi connectivity index (χ1) is 15.4. The van der Waals surface area contributed by atoms with Crippen molar-refractivity contribution in [2.24, 2.45) is 10.2 Å². The summed E-state index contributed by atoms with van der Waals surface area (Å²) in [4.78, 5) is 26.6. The van der Waals surface area contributed by atoms with E-state index in [0.717, 1.165) is 16.7 Å². The van der Waals surface area contributed by atoms with Crippen LogP contribution < -0.4 is 0 Å². The van der Waals surface area contributed by atoms with Gasteiger partial charge >= 0.3 is 0 Å². The van der Waals surface area contributed by atoms with E-state index in [9.17, 15) is 14.7 Å². The molecule has 160 valence electrons. The van der Waals surface area contributed by atoms with Crippen LogP contribution in [-0.2, 0) is 11.3 Å². The zero-order chi connectivity index (χ0) is 22.7. The molecule has 1 N–H and O–H groups in total. The Morgan fingerprint density at radius 2 is 1.69 bits per heavy atom. The Balaban J connectivity index is 1.56. The van der Waals surface area contributed by atoms with E-state index >= 15 is 0 Å². The number of hydrogen-bond acceptors (Lipinski definition) is 6. The molecule has 0 unspecified atom stereocenters. The summed E-state index contributed by atoms with van der Waals surface area (Å²) >= 11 is 12.9. The van der Waals surface area contributed by atoms with Crippen LogP contribution in [0.4, 0.5) is 16.2 Å². The fraction of sp³-hybridized carbons (Fsp3) is 0.0435. The van der Waals surface area contributed by atoms with Crippen molar-refractivity contribution in [1.82, 2.24) is 4.90 Å². The minimum absolute atomic E-state index is 0.0231. The van der Waals surface area contributed by atoms with Crippen LogP contribution in [0, 0.1) is 0 Å². The number of imide groups is 1. The predicted molar refractivity (Wildman–Crippen MR) is 127 cm³/mol. The molecule has 0 atom stereocenters. The van der Waals surface area contributed by atoms with E-state index in [2.05, 4.69) is 10.2 Å². The highest BCUT2D eigenvalue weighted by Gasteiger charge is 2.35. The molecule has 0 aromatic heterocycles. The molecular formula is C23H15Cl2N3O3S. The number of nitrogens with zero attached hydrogens (tertiary/aromatic N) is 3. The van der Waals surface area contributed by atoms with Crippen LogP contribution in [-0.4, -0.2) is 21.2 Å². The normalized spacial score (nSPS) is 15.3. The number of rotatable bonds is 5. The van der Waals surface area contributed by atoms with Gasteiger partial charge in [-0.1, -0.05) is 47.5 Å². The summed E-state index contributed by atoms with van der Waals surface area (Å²) in [6.45, 7) is 0.0231. The number of halogens is 2. The van der Waals surface area contributed by atoms with E-state index in [1.807, 2.05) is 30.3 Å². The van der Waals surface area contributed by atoms with Gasteiger partial charge < -0.3 is 5.11 Å². The third kappa shape index (κ3) is 5.02. The Labute approximate surface area is 198 Å². The van der Waals surface area contributed by atoms with Gasteiger partial charge in [-0.05, 0) is 65.9 Å². The number of azo groups is 1. The van der Waals surface area contributed by atoms with Crippen molar-refractivity contribution in [3.05, 3.63) is 92.8 Å². The topological polar surface area (TPSA) is 82.3 Å². The average molecular weight is 484 g/mol. The lowest BCUT2D eigenvalue weighted by atomic mass is 10.1. The molecule has 1 aliphatic rings. The monoisotopic (exact) mass is 483 g/mol. The number of phenolic OH excluding ortho intramolecular Hbond substituents is 1. The van der Waals surface area contributed by atoms with Crippen LogP contribution in [0.5, 0.6) is 5.75 Å². The molecule has 1 fully saturated rings. The Bertz CT molecular complexity index is 1260. The van der Waals surface area contributed by atoms with Crippen LogP contribution in [0.3, 0.4) is 0 Å². The highest BCUT2D eigenvalue weighted by molar-refractivity contribution is 8.18. The average Bonchev–Trinajstić information content (AvgIpc) is 3.04. The first-order valence-electron chi connectivity index (χ1n) is 9.40. The zero-order valence-electron chi connectivity index (χ0n) is 16.4. The summed E-state index contributed by atoms with van der Waals surface area (Å²) in [6.07, 6.45) is 1.46. The van der Waals surface area contributed by atoms with Crippen LogP contribution >= 0.6 is 35.0 Å². The maximum atomic E-state index is 12.8. The van der Waals surface area contributed by atoms with E-state index < -0.39 is 11.1 Å². The van der Waals surface area contributed by atoms with E-state index in [4.69, 9.17) is 23.2 Å². The van der Waals surface area contributed by atoms with E-state index in [1.54, 1.807) is 30.3 Å². The van der Waals surface area contributed by atoms with Crippen molar-refractivity contribution in [3.63, 3.8) is 0 Å². The minimum atomic E-state index is -0.471. The molecular weight excluding hydrogens is 469 g/mol. The largest absolute Gasteiger partial charge is 0.507 e. The molecule has 1 saturated heterocycles. The molecule has 0 aliphatic carbocycles. The molecule has 4 rings (SSSR count). The number of phenols is 1. The maximum Gasteiger partial charge on any atom is 0.293 e. The molecule has 6 nitrogen and oxygen atoms in total. The fourth-order valence-electron chi connectivity index (χ4n) is 2.93. The fourth-order valence-corrected chi connectivity index (χ4v) is 4.23. The molecule has 9 heteroatoms. The van der Waals surface area contributed by atoms with Gasteiger partial charge in [0.15, 0.2) is 0 Å². The minimum Gasteiger partial charge on any atom is -0.507 e. The van der Waals surface area contributed by atoms with Crippen molar-refractivity contribution in [2.45, 2.75) is 6.54 Å². The summed E-state index contributed by atoms with van der Waals surface area (Å²) in [5.74, 6) is -0.516. The third-order valence-electron chi connectivity index (χ3n) is 4.55. The lowest BCUT2D eigenvalue weighted by Gasteiger charge is -2.13. The number of hydrogen-bond donors (Lipinski definition) is 1. The Kier molecular flexibility index (Phi) is 6.60. The van der Waals surface area contributed by atoms with Crippen LogP contribution in [0.2, 0.25) is 10.0 Å². The van der Waals surface area contributed by atoms with Gasteiger partial charge in [0.25, 0.3) is 11.1 Å². The predicted octanol–water partition coefficient (Wildman–Crippen LogP) is 7.35. The summed E-state index contributed by atoms with van der Waals surface area (Å²) in [5.41, 5.74) is 2.13. The van der Waals surface area contributed by atoms with Crippen molar-refractivity contribution in [3.8, 4) is 5.75 Å². The molecule has 0 saturated carbocycles. The van der Waals surface area contributed by atoms with Gasteiger partial charge in [-0.25, -0.2) is 0 Å². The third-order valence-corrected chi connectivity index (χ3v) is 6.05. The summed E-state index contributed by atoms with van der Waals surface area (Å²) < 4.78 is 0. The molecule has 3 aromatic rings. The van der Waals surface area contributed by atoms with Gasteiger partial charge in [0.1, 0.15) is 5.75 Å². The Morgan fingerprint density at radius 1 is 0.938 bits per heavy atom. The number of benzene rings is 3. The first kappa shape index (κ1) is 22.1. The molecule has 3 aromatic carbocycles. The Hall–Kier alpha value is -3.13. The highest BCUT2D eigenvalue weighted by atomic mass is 35.5. The Morgan fingerprint density at radius 3 is 2.44 bits per heavy atom.